The molecule has 2 unspecified atom stereocenters. The number of nitrogens with two attached hydrogens (primary N) is 1. The molecule has 4 heteroatoms. The van der Waals surface area contributed by atoms with Gasteiger partial charge in [0.25, 0.3) is 0 Å². The lowest BCUT2D eigenvalue weighted by Gasteiger charge is -2.39. The molecule has 1 aliphatic carbocycles. The number of anilines is 1. The fraction of sp³-hybridized carbons (Fsp3) is 0.600. The SMILES string of the molecule is NC1CCC(N2CCN(c3ccc(Cl)cc3)CC2)C1. The molecule has 0 aromatic heterocycles. The summed E-state index contributed by atoms with van der Waals surface area (Å²) in [4.78, 5) is 5.07. The number of rotatable bonds is 2. The number of piperazine rings is 1. The molecule has 1 heterocycles. The summed E-state index contributed by atoms with van der Waals surface area (Å²) >= 11 is 5.93. The van der Waals surface area contributed by atoms with Crippen molar-refractivity contribution < 1.29 is 0 Å². The predicted octanol–water partition coefficient (Wildman–Crippen LogP) is 2.34. The standard InChI is InChI=1S/C15H22ClN3/c16-12-1-4-14(5-2-12)18-7-9-19(10-8-18)15-6-3-13(17)11-15/h1-2,4-5,13,15H,3,6-11,17H2. The molecule has 104 valence electrons. The van der Waals surface area contributed by atoms with E-state index in [9.17, 15) is 0 Å². The smallest absolute Gasteiger partial charge is 0.0407 e. The quantitative estimate of drug-likeness (QED) is 0.902. The Morgan fingerprint density at radius 1 is 1.00 bits per heavy atom. The van der Waals surface area contributed by atoms with Crippen LogP contribution in [0.2, 0.25) is 5.02 Å². The van der Waals surface area contributed by atoms with Gasteiger partial charge in [-0.1, -0.05) is 11.6 Å². The summed E-state index contributed by atoms with van der Waals surface area (Å²) in [7, 11) is 0. The lowest BCUT2D eigenvalue weighted by atomic mass is 10.1. The molecular formula is C15H22ClN3. The molecule has 1 saturated heterocycles. The van der Waals surface area contributed by atoms with E-state index >= 15 is 0 Å². The van der Waals surface area contributed by atoms with Crippen LogP contribution in [-0.4, -0.2) is 43.2 Å². The summed E-state index contributed by atoms with van der Waals surface area (Å²) in [5.74, 6) is 0. The van der Waals surface area contributed by atoms with Gasteiger partial charge in [0.1, 0.15) is 0 Å². The minimum atomic E-state index is 0.430. The largest absolute Gasteiger partial charge is 0.369 e. The molecule has 2 atom stereocenters. The Labute approximate surface area is 120 Å². The van der Waals surface area contributed by atoms with Crippen molar-refractivity contribution in [3.05, 3.63) is 29.3 Å². The second kappa shape index (κ2) is 5.70. The van der Waals surface area contributed by atoms with Crippen molar-refractivity contribution in [2.45, 2.75) is 31.3 Å². The zero-order valence-corrected chi connectivity index (χ0v) is 12.0. The van der Waals surface area contributed by atoms with Crippen LogP contribution in [0.5, 0.6) is 0 Å². The monoisotopic (exact) mass is 279 g/mol. The van der Waals surface area contributed by atoms with E-state index in [1.807, 2.05) is 12.1 Å². The van der Waals surface area contributed by atoms with E-state index in [1.165, 1.54) is 24.9 Å². The highest BCUT2D eigenvalue weighted by Gasteiger charge is 2.29. The molecule has 1 aromatic carbocycles. The van der Waals surface area contributed by atoms with Gasteiger partial charge in [0.2, 0.25) is 0 Å². The highest BCUT2D eigenvalue weighted by Crippen LogP contribution is 2.25. The first-order chi connectivity index (χ1) is 9.22. The molecule has 1 aromatic rings. The second-order valence-corrected chi connectivity index (χ2v) is 6.16. The number of nitrogens with zero attached hydrogens (tertiary/aromatic N) is 2. The first-order valence-electron chi connectivity index (χ1n) is 7.22. The molecule has 0 amide bonds. The molecule has 1 aliphatic heterocycles. The zero-order valence-electron chi connectivity index (χ0n) is 11.3. The van der Waals surface area contributed by atoms with E-state index in [0.29, 0.717) is 6.04 Å². The van der Waals surface area contributed by atoms with E-state index in [1.54, 1.807) is 0 Å². The molecule has 0 bridgehead atoms. The predicted molar refractivity (Wildman–Crippen MR) is 80.9 cm³/mol. The third-order valence-electron chi connectivity index (χ3n) is 4.47. The Kier molecular flexibility index (Phi) is 3.96. The fourth-order valence-corrected chi connectivity index (χ4v) is 3.45. The normalized spacial score (nSPS) is 28.8. The van der Waals surface area contributed by atoms with Crippen LogP contribution in [0.25, 0.3) is 0 Å². The minimum Gasteiger partial charge on any atom is -0.369 e. The van der Waals surface area contributed by atoms with Crippen molar-refractivity contribution in [2.75, 3.05) is 31.1 Å². The molecule has 2 N–H and O–H groups in total. The van der Waals surface area contributed by atoms with Crippen molar-refractivity contribution in [3.63, 3.8) is 0 Å². The Morgan fingerprint density at radius 2 is 1.68 bits per heavy atom. The summed E-state index contributed by atoms with van der Waals surface area (Å²) in [5.41, 5.74) is 7.30. The minimum absolute atomic E-state index is 0.430. The fourth-order valence-electron chi connectivity index (χ4n) is 3.32. The van der Waals surface area contributed by atoms with Crippen molar-refractivity contribution in [1.82, 2.24) is 4.90 Å². The van der Waals surface area contributed by atoms with E-state index in [2.05, 4.69) is 21.9 Å². The van der Waals surface area contributed by atoms with Gasteiger partial charge in [-0.2, -0.15) is 0 Å². The third-order valence-corrected chi connectivity index (χ3v) is 4.72. The summed E-state index contributed by atoms with van der Waals surface area (Å²) < 4.78 is 0. The van der Waals surface area contributed by atoms with Gasteiger partial charge in [0.15, 0.2) is 0 Å². The van der Waals surface area contributed by atoms with Crippen LogP contribution >= 0.6 is 11.6 Å². The van der Waals surface area contributed by atoms with Gasteiger partial charge >= 0.3 is 0 Å². The van der Waals surface area contributed by atoms with Crippen molar-refractivity contribution >= 4 is 17.3 Å². The molecular weight excluding hydrogens is 258 g/mol. The van der Waals surface area contributed by atoms with Gasteiger partial charge < -0.3 is 10.6 Å². The first-order valence-corrected chi connectivity index (χ1v) is 7.60. The molecule has 3 nitrogen and oxygen atoms in total. The van der Waals surface area contributed by atoms with Crippen LogP contribution in [0.3, 0.4) is 0 Å². The van der Waals surface area contributed by atoms with Gasteiger partial charge in [-0.3, -0.25) is 4.90 Å². The number of halogens is 1. The van der Waals surface area contributed by atoms with Gasteiger partial charge in [0, 0.05) is 49.0 Å². The average molecular weight is 280 g/mol. The van der Waals surface area contributed by atoms with Crippen LogP contribution in [0.1, 0.15) is 19.3 Å². The number of benzene rings is 1. The van der Waals surface area contributed by atoms with Crippen molar-refractivity contribution in [3.8, 4) is 0 Å². The number of hydrogen-bond donors (Lipinski definition) is 1. The van der Waals surface area contributed by atoms with Gasteiger partial charge in [-0.25, -0.2) is 0 Å². The molecule has 0 spiro atoms. The molecule has 3 rings (SSSR count). The highest BCUT2D eigenvalue weighted by molar-refractivity contribution is 6.30. The van der Waals surface area contributed by atoms with Gasteiger partial charge in [-0.15, -0.1) is 0 Å². The lowest BCUT2D eigenvalue weighted by molar-refractivity contribution is 0.186. The zero-order chi connectivity index (χ0) is 13.2. The van der Waals surface area contributed by atoms with E-state index in [0.717, 1.165) is 37.2 Å². The Bertz CT molecular complexity index is 412. The Morgan fingerprint density at radius 3 is 2.26 bits per heavy atom. The van der Waals surface area contributed by atoms with Crippen molar-refractivity contribution in [2.24, 2.45) is 5.73 Å². The third kappa shape index (κ3) is 3.04. The maximum absolute atomic E-state index is 6.01. The first kappa shape index (κ1) is 13.2. The Hall–Kier alpha value is -0.770. The van der Waals surface area contributed by atoms with Crippen LogP contribution in [-0.2, 0) is 0 Å². The van der Waals surface area contributed by atoms with Crippen molar-refractivity contribution in [1.29, 1.82) is 0 Å². The van der Waals surface area contributed by atoms with Crippen LogP contribution < -0.4 is 10.6 Å². The van der Waals surface area contributed by atoms with E-state index < -0.39 is 0 Å². The lowest BCUT2D eigenvalue weighted by Crippen LogP contribution is -2.50. The van der Waals surface area contributed by atoms with Gasteiger partial charge in [0.05, 0.1) is 0 Å². The maximum atomic E-state index is 6.01. The summed E-state index contributed by atoms with van der Waals surface area (Å²) in [6.45, 7) is 4.51. The molecule has 2 fully saturated rings. The summed E-state index contributed by atoms with van der Waals surface area (Å²) in [5, 5.41) is 0.808. The van der Waals surface area contributed by atoms with Gasteiger partial charge in [-0.05, 0) is 43.5 Å². The average Bonchev–Trinajstić information content (AvgIpc) is 2.87. The molecule has 2 aliphatic rings. The van der Waals surface area contributed by atoms with Crippen LogP contribution in [0.4, 0.5) is 5.69 Å². The molecule has 19 heavy (non-hydrogen) atoms. The second-order valence-electron chi connectivity index (χ2n) is 5.73. The van der Waals surface area contributed by atoms with E-state index in [4.69, 9.17) is 17.3 Å². The Balaban J connectivity index is 1.56. The molecule has 0 radical (unpaired) electrons. The molecule has 1 saturated carbocycles. The highest BCUT2D eigenvalue weighted by atomic mass is 35.5. The van der Waals surface area contributed by atoms with Crippen LogP contribution in [0, 0.1) is 0 Å². The number of hydrogen-bond acceptors (Lipinski definition) is 3. The van der Waals surface area contributed by atoms with E-state index in [-0.39, 0.29) is 0 Å². The topological polar surface area (TPSA) is 32.5 Å². The maximum Gasteiger partial charge on any atom is 0.0407 e. The van der Waals surface area contributed by atoms with Crippen LogP contribution in [0.15, 0.2) is 24.3 Å². The summed E-state index contributed by atoms with van der Waals surface area (Å²) in [6.07, 6.45) is 3.66. The summed E-state index contributed by atoms with van der Waals surface area (Å²) in [6, 6.07) is 9.33.